The molecule has 0 spiro atoms. The summed E-state index contributed by atoms with van der Waals surface area (Å²) in [7, 11) is 1.61. The molecule has 3 aromatic carbocycles. The fourth-order valence-corrected chi connectivity index (χ4v) is 4.68. The molecule has 0 fully saturated rings. The zero-order chi connectivity index (χ0) is 25.1. The first-order valence-electron chi connectivity index (χ1n) is 11.4. The molecule has 2 aromatic heterocycles. The lowest BCUT2D eigenvalue weighted by atomic mass is 10.0. The van der Waals surface area contributed by atoms with Gasteiger partial charge in [-0.2, -0.15) is 5.10 Å². The van der Waals surface area contributed by atoms with Crippen molar-refractivity contribution < 1.29 is 18.7 Å². The Hall–Kier alpha value is -4.17. The number of fused-ring (bicyclic) bond motifs is 1. The Morgan fingerprint density at radius 2 is 1.86 bits per heavy atom. The number of carbonyl (C=O) groups is 1. The maximum Gasteiger partial charge on any atom is 0.261 e. The number of hydrogen-bond acceptors (Lipinski definition) is 5. The van der Waals surface area contributed by atoms with Gasteiger partial charge in [-0.15, -0.1) is 11.3 Å². The minimum Gasteiger partial charge on any atom is -0.497 e. The van der Waals surface area contributed by atoms with E-state index in [0.29, 0.717) is 16.4 Å². The summed E-state index contributed by atoms with van der Waals surface area (Å²) in [5, 5.41) is 10.3. The predicted molar refractivity (Wildman–Crippen MR) is 139 cm³/mol. The molecule has 0 bridgehead atoms. The highest BCUT2D eigenvalue weighted by Gasteiger charge is 2.25. The summed E-state index contributed by atoms with van der Waals surface area (Å²) in [6.45, 7) is 1.92. The van der Waals surface area contributed by atoms with Gasteiger partial charge in [0.15, 0.2) is 0 Å². The van der Waals surface area contributed by atoms with Crippen LogP contribution in [0, 0.1) is 5.82 Å². The molecule has 0 aliphatic carbocycles. The lowest BCUT2D eigenvalue weighted by Gasteiger charge is -2.27. The Labute approximate surface area is 211 Å². The second-order valence-corrected chi connectivity index (χ2v) is 9.26. The van der Waals surface area contributed by atoms with E-state index in [0.717, 1.165) is 22.2 Å². The van der Waals surface area contributed by atoms with Crippen LogP contribution in [-0.2, 0) is 0 Å². The van der Waals surface area contributed by atoms with Gasteiger partial charge in [-0.25, -0.2) is 9.07 Å². The van der Waals surface area contributed by atoms with Crippen LogP contribution in [0.1, 0.15) is 28.3 Å². The van der Waals surface area contributed by atoms with Gasteiger partial charge in [-0.1, -0.05) is 18.2 Å². The Balaban J connectivity index is 1.44. The quantitative estimate of drug-likeness (QED) is 0.276. The standard InChI is InChI=1S/C28H24FN3O3S/c1-18(31-28(33)26-7-4-14-36-26)27(19-5-3-6-23(15-19)34-2)35-24-12-13-25-20(16-24)17-30-32(25)22-10-8-21(29)9-11-22/h3-18,27H,1-2H3,(H,31,33). The number of nitrogens with one attached hydrogen (secondary N) is 1. The third-order valence-corrected chi connectivity index (χ3v) is 6.72. The van der Waals surface area contributed by atoms with Crippen molar-refractivity contribution in [3.05, 3.63) is 107 Å². The molecule has 0 radical (unpaired) electrons. The largest absolute Gasteiger partial charge is 0.497 e. The van der Waals surface area contributed by atoms with Crippen molar-refractivity contribution in [2.24, 2.45) is 0 Å². The average Bonchev–Trinajstić information content (AvgIpc) is 3.58. The number of aromatic nitrogens is 2. The Morgan fingerprint density at radius 3 is 2.61 bits per heavy atom. The first-order chi connectivity index (χ1) is 17.5. The van der Waals surface area contributed by atoms with Crippen LogP contribution in [0.2, 0.25) is 0 Å². The minimum atomic E-state index is -0.478. The van der Waals surface area contributed by atoms with Crippen LogP contribution >= 0.6 is 11.3 Å². The van der Waals surface area contributed by atoms with Crippen molar-refractivity contribution in [1.82, 2.24) is 15.1 Å². The normalized spacial score (nSPS) is 12.8. The van der Waals surface area contributed by atoms with Crippen LogP contribution in [0.3, 0.4) is 0 Å². The van der Waals surface area contributed by atoms with E-state index in [4.69, 9.17) is 9.47 Å². The van der Waals surface area contributed by atoms with E-state index >= 15 is 0 Å². The van der Waals surface area contributed by atoms with E-state index in [9.17, 15) is 9.18 Å². The second-order valence-electron chi connectivity index (χ2n) is 8.31. The molecule has 5 aromatic rings. The maximum absolute atomic E-state index is 13.3. The molecule has 2 atom stereocenters. The van der Waals surface area contributed by atoms with Crippen LogP contribution in [0.25, 0.3) is 16.6 Å². The van der Waals surface area contributed by atoms with Gasteiger partial charge in [0.1, 0.15) is 23.4 Å². The molecule has 0 aliphatic heterocycles. The molecular formula is C28H24FN3O3S. The first kappa shape index (κ1) is 23.6. The summed E-state index contributed by atoms with van der Waals surface area (Å²) in [5.41, 5.74) is 2.50. The number of benzene rings is 3. The van der Waals surface area contributed by atoms with Crippen molar-refractivity contribution in [2.75, 3.05) is 7.11 Å². The van der Waals surface area contributed by atoms with E-state index in [1.54, 1.807) is 36.2 Å². The van der Waals surface area contributed by atoms with Crippen molar-refractivity contribution in [3.63, 3.8) is 0 Å². The predicted octanol–water partition coefficient (Wildman–Crippen LogP) is 6.17. The SMILES string of the molecule is COc1cccc(C(Oc2ccc3c(cnn3-c3ccc(F)cc3)c2)C(C)NC(=O)c2cccs2)c1. The number of ether oxygens (including phenoxy) is 2. The first-order valence-corrected chi connectivity index (χ1v) is 12.3. The molecule has 5 rings (SSSR count). The molecule has 1 N–H and O–H groups in total. The maximum atomic E-state index is 13.3. The van der Waals surface area contributed by atoms with Gasteiger partial charge >= 0.3 is 0 Å². The number of amides is 1. The Morgan fingerprint density at radius 1 is 1.03 bits per heavy atom. The van der Waals surface area contributed by atoms with E-state index < -0.39 is 6.10 Å². The van der Waals surface area contributed by atoms with Gasteiger partial charge in [-0.05, 0) is 78.5 Å². The third kappa shape index (κ3) is 4.94. The van der Waals surface area contributed by atoms with Gasteiger partial charge < -0.3 is 14.8 Å². The topological polar surface area (TPSA) is 65.4 Å². The van der Waals surface area contributed by atoms with Crippen molar-refractivity contribution in [2.45, 2.75) is 19.1 Å². The van der Waals surface area contributed by atoms with Gasteiger partial charge in [0.05, 0.1) is 35.4 Å². The minimum absolute atomic E-state index is 0.148. The van der Waals surface area contributed by atoms with Crippen LogP contribution in [0.5, 0.6) is 11.5 Å². The molecule has 36 heavy (non-hydrogen) atoms. The van der Waals surface area contributed by atoms with Crippen LogP contribution in [0.15, 0.2) is 90.4 Å². The molecule has 182 valence electrons. The van der Waals surface area contributed by atoms with Crippen LogP contribution in [0.4, 0.5) is 4.39 Å². The van der Waals surface area contributed by atoms with Crippen molar-refractivity contribution >= 4 is 28.1 Å². The monoisotopic (exact) mass is 501 g/mol. The third-order valence-electron chi connectivity index (χ3n) is 5.85. The summed E-state index contributed by atoms with van der Waals surface area (Å²) in [5.74, 6) is 0.889. The van der Waals surface area contributed by atoms with Gasteiger partial charge in [0, 0.05) is 5.39 Å². The highest BCUT2D eigenvalue weighted by Crippen LogP contribution is 2.30. The molecule has 0 aliphatic rings. The summed E-state index contributed by atoms with van der Waals surface area (Å²) < 4.78 is 27.0. The number of rotatable bonds is 8. The summed E-state index contributed by atoms with van der Waals surface area (Å²) in [6.07, 6.45) is 1.27. The summed E-state index contributed by atoms with van der Waals surface area (Å²) >= 11 is 1.39. The van der Waals surface area contributed by atoms with E-state index in [-0.39, 0.29) is 17.8 Å². The van der Waals surface area contributed by atoms with Gasteiger partial charge in [-0.3, -0.25) is 4.79 Å². The fourth-order valence-electron chi connectivity index (χ4n) is 4.06. The number of carbonyl (C=O) groups excluding carboxylic acids is 1. The molecule has 0 saturated heterocycles. The number of nitrogens with zero attached hydrogens (tertiary/aromatic N) is 2. The van der Waals surface area contributed by atoms with E-state index in [2.05, 4.69) is 10.4 Å². The summed E-state index contributed by atoms with van der Waals surface area (Å²) in [6, 6.07) is 22.8. The Bertz CT molecular complexity index is 1480. The molecule has 1 amide bonds. The molecule has 8 heteroatoms. The summed E-state index contributed by atoms with van der Waals surface area (Å²) in [4.78, 5) is 13.4. The molecule has 2 heterocycles. The van der Waals surface area contributed by atoms with Crippen LogP contribution in [-0.4, -0.2) is 28.8 Å². The highest BCUT2D eigenvalue weighted by atomic mass is 32.1. The smallest absolute Gasteiger partial charge is 0.261 e. The number of hydrogen-bond donors (Lipinski definition) is 1. The number of methoxy groups -OCH3 is 1. The van der Waals surface area contributed by atoms with E-state index in [1.165, 1.54) is 23.5 Å². The molecule has 6 nitrogen and oxygen atoms in total. The van der Waals surface area contributed by atoms with Crippen LogP contribution < -0.4 is 14.8 Å². The number of thiophene rings is 1. The zero-order valence-electron chi connectivity index (χ0n) is 19.7. The average molecular weight is 502 g/mol. The van der Waals surface area contributed by atoms with Crippen molar-refractivity contribution in [3.8, 4) is 17.2 Å². The molecule has 2 unspecified atom stereocenters. The van der Waals surface area contributed by atoms with Crippen molar-refractivity contribution in [1.29, 1.82) is 0 Å². The molecule has 0 saturated carbocycles. The fraction of sp³-hybridized carbons (Fsp3) is 0.143. The van der Waals surface area contributed by atoms with E-state index in [1.807, 2.05) is 60.8 Å². The molecular weight excluding hydrogens is 477 g/mol. The Kier molecular flexibility index (Phi) is 6.69. The highest BCUT2D eigenvalue weighted by molar-refractivity contribution is 7.12. The van der Waals surface area contributed by atoms with Gasteiger partial charge in [0.2, 0.25) is 0 Å². The lowest BCUT2D eigenvalue weighted by molar-refractivity contribution is 0.0886. The zero-order valence-corrected chi connectivity index (χ0v) is 20.5. The second kappa shape index (κ2) is 10.2. The lowest BCUT2D eigenvalue weighted by Crippen LogP contribution is -2.38. The van der Waals surface area contributed by atoms with Gasteiger partial charge in [0.25, 0.3) is 5.91 Å². The number of halogens is 1.